The molecule has 0 saturated heterocycles. The quantitative estimate of drug-likeness (QED) is 0.823. The summed E-state index contributed by atoms with van der Waals surface area (Å²) in [5.41, 5.74) is -2.01. The number of alkyl halides is 3. The molecule has 1 aromatic rings. The van der Waals surface area contributed by atoms with E-state index in [1.165, 1.54) is 24.4 Å². The van der Waals surface area contributed by atoms with Crippen LogP contribution in [0.2, 0.25) is 10.0 Å². The molecule has 0 radical (unpaired) electrons. The molecule has 1 aliphatic heterocycles. The first-order valence-electron chi connectivity index (χ1n) is 4.79. The largest absolute Gasteiger partial charge is 0.403 e. The van der Waals surface area contributed by atoms with E-state index in [2.05, 4.69) is 5.32 Å². The van der Waals surface area contributed by atoms with Gasteiger partial charge in [-0.3, -0.25) is 0 Å². The third kappa shape index (κ3) is 2.11. The van der Waals surface area contributed by atoms with Crippen LogP contribution < -0.4 is 5.32 Å². The molecule has 0 spiro atoms. The van der Waals surface area contributed by atoms with Gasteiger partial charge >= 0.3 is 6.18 Å². The first-order chi connectivity index (χ1) is 7.85. The van der Waals surface area contributed by atoms with E-state index >= 15 is 0 Å². The minimum absolute atomic E-state index is 0.0451. The van der Waals surface area contributed by atoms with E-state index in [-0.39, 0.29) is 22.2 Å². The van der Waals surface area contributed by atoms with Gasteiger partial charge in [0.1, 0.15) is 5.41 Å². The highest BCUT2D eigenvalue weighted by atomic mass is 35.5. The predicted molar refractivity (Wildman–Crippen MR) is 61.3 cm³/mol. The van der Waals surface area contributed by atoms with Gasteiger partial charge in [-0.1, -0.05) is 23.2 Å². The molecule has 1 atom stereocenters. The first kappa shape index (κ1) is 12.6. The van der Waals surface area contributed by atoms with Gasteiger partial charge < -0.3 is 5.32 Å². The van der Waals surface area contributed by atoms with E-state index in [0.717, 1.165) is 6.08 Å². The van der Waals surface area contributed by atoms with Crippen LogP contribution in [-0.2, 0) is 5.41 Å². The van der Waals surface area contributed by atoms with Crippen LogP contribution in [0.4, 0.5) is 13.2 Å². The fourth-order valence-corrected chi connectivity index (χ4v) is 2.37. The van der Waals surface area contributed by atoms with Gasteiger partial charge in [0, 0.05) is 16.6 Å². The summed E-state index contributed by atoms with van der Waals surface area (Å²) in [5.74, 6) is 0. The molecular weight excluding hydrogens is 274 g/mol. The van der Waals surface area contributed by atoms with Crippen LogP contribution in [0.15, 0.2) is 30.5 Å². The van der Waals surface area contributed by atoms with Crippen molar-refractivity contribution in [1.82, 2.24) is 5.32 Å². The number of rotatable bonds is 1. The van der Waals surface area contributed by atoms with Gasteiger partial charge in [-0.2, -0.15) is 13.2 Å². The second kappa shape index (κ2) is 4.10. The van der Waals surface area contributed by atoms with Crippen LogP contribution in [0.3, 0.4) is 0 Å². The molecule has 0 saturated carbocycles. The van der Waals surface area contributed by atoms with Crippen LogP contribution in [0.5, 0.6) is 0 Å². The van der Waals surface area contributed by atoms with Crippen molar-refractivity contribution in [1.29, 1.82) is 0 Å². The highest BCUT2D eigenvalue weighted by Gasteiger charge is 2.55. The Morgan fingerprint density at radius 3 is 2.12 bits per heavy atom. The average Bonchev–Trinajstić information content (AvgIpc) is 2.64. The number of benzene rings is 1. The minimum atomic E-state index is -4.40. The number of hydrogen-bond donors (Lipinski definition) is 1. The fraction of sp³-hybridized carbons (Fsp3) is 0.273. The summed E-state index contributed by atoms with van der Waals surface area (Å²) in [6.45, 7) is -0.243. The van der Waals surface area contributed by atoms with Crippen molar-refractivity contribution in [3.05, 3.63) is 46.1 Å². The number of halogens is 5. The molecule has 17 heavy (non-hydrogen) atoms. The highest BCUT2D eigenvalue weighted by molar-refractivity contribution is 6.34. The molecule has 6 heteroatoms. The Morgan fingerprint density at radius 2 is 1.71 bits per heavy atom. The van der Waals surface area contributed by atoms with E-state index in [9.17, 15) is 13.2 Å². The Balaban J connectivity index is 2.58. The van der Waals surface area contributed by atoms with E-state index in [4.69, 9.17) is 23.2 Å². The van der Waals surface area contributed by atoms with Crippen molar-refractivity contribution < 1.29 is 13.2 Å². The van der Waals surface area contributed by atoms with Crippen molar-refractivity contribution in [3.8, 4) is 0 Å². The molecule has 1 aliphatic rings. The predicted octanol–water partition coefficient (Wildman–Crippen LogP) is 3.91. The third-order valence-electron chi connectivity index (χ3n) is 2.75. The summed E-state index contributed by atoms with van der Waals surface area (Å²) < 4.78 is 39.6. The lowest BCUT2D eigenvalue weighted by atomic mass is 9.81. The maximum Gasteiger partial charge on any atom is 0.403 e. The smallest absolute Gasteiger partial charge is 0.390 e. The van der Waals surface area contributed by atoms with Gasteiger partial charge in [0.15, 0.2) is 0 Å². The number of nitrogens with one attached hydrogen (secondary N) is 1. The maximum atomic E-state index is 13.2. The van der Waals surface area contributed by atoms with Gasteiger partial charge in [-0.25, -0.2) is 0 Å². The molecule has 92 valence electrons. The van der Waals surface area contributed by atoms with Crippen molar-refractivity contribution in [2.24, 2.45) is 0 Å². The molecule has 0 aliphatic carbocycles. The van der Waals surface area contributed by atoms with E-state index in [1.807, 2.05) is 0 Å². The SMILES string of the molecule is FC(F)(F)C1(c2cc(Cl)cc(Cl)c2)C=CNC1. The second-order valence-electron chi connectivity index (χ2n) is 3.84. The summed E-state index contributed by atoms with van der Waals surface area (Å²) in [4.78, 5) is 0. The molecule has 1 N–H and O–H groups in total. The van der Waals surface area contributed by atoms with Crippen molar-refractivity contribution >= 4 is 23.2 Å². The molecule has 2 rings (SSSR count). The Kier molecular flexibility index (Phi) is 3.04. The van der Waals surface area contributed by atoms with E-state index in [0.29, 0.717) is 0 Å². The van der Waals surface area contributed by atoms with Crippen LogP contribution in [0, 0.1) is 0 Å². The summed E-state index contributed by atoms with van der Waals surface area (Å²) in [6, 6.07) is 3.99. The molecule has 0 fully saturated rings. The number of hydrogen-bond acceptors (Lipinski definition) is 1. The molecule has 1 aromatic carbocycles. The maximum absolute atomic E-state index is 13.2. The Morgan fingerprint density at radius 1 is 1.12 bits per heavy atom. The van der Waals surface area contributed by atoms with Crippen LogP contribution in [-0.4, -0.2) is 12.7 Å². The Labute approximate surface area is 106 Å². The molecule has 1 heterocycles. The summed E-state index contributed by atoms with van der Waals surface area (Å²) in [5, 5.41) is 2.95. The van der Waals surface area contributed by atoms with Gasteiger partial charge in [0.2, 0.25) is 0 Å². The van der Waals surface area contributed by atoms with Gasteiger partial charge in [0.25, 0.3) is 0 Å². The Hall–Kier alpha value is -0.870. The summed E-state index contributed by atoms with van der Waals surface area (Å²) >= 11 is 11.5. The fourth-order valence-electron chi connectivity index (χ4n) is 1.85. The standard InChI is InChI=1S/C11H8Cl2F3N/c12-8-3-7(4-9(13)5-8)10(11(14,15)16)1-2-17-6-10/h1-5,17H,6H2. The normalized spacial score (nSPS) is 23.8. The molecule has 1 unspecified atom stereocenters. The monoisotopic (exact) mass is 281 g/mol. The van der Waals surface area contributed by atoms with Crippen molar-refractivity contribution in [3.63, 3.8) is 0 Å². The van der Waals surface area contributed by atoms with Crippen LogP contribution in [0.1, 0.15) is 5.56 Å². The van der Waals surface area contributed by atoms with Gasteiger partial charge in [0.05, 0.1) is 0 Å². The van der Waals surface area contributed by atoms with Crippen LogP contribution >= 0.6 is 23.2 Å². The molecule has 0 bridgehead atoms. The molecule has 0 amide bonds. The second-order valence-corrected chi connectivity index (χ2v) is 4.71. The summed E-state index contributed by atoms with van der Waals surface area (Å²) in [6.07, 6.45) is -2.02. The van der Waals surface area contributed by atoms with Crippen LogP contribution in [0.25, 0.3) is 0 Å². The zero-order valence-electron chi connectivity index (χ0n) is 8.48. The third-order valence-corrected chi connectivity index (χ3v) is 3.19. The zero-order valence-corrected chi connectivity index (χ0v) is 10.00. The summed E-state index contributed by atoms with van der Waals surface area (Å²) in [7, 11) is 0. The molecule has 0 aromatic heterocycles. The van der Waals surface area contributed by atoms with Gasteiger partial charge in [-0.05, 0) is 36.0 Å². The highest BCUT2D eigenvalue weighted by Crippen LogP contribution is 2.44. The van der Waals surface area contributed by atoms with Crippen molar-refractivity contribution in [2.75, 3.05) is 6.54 Å². The Bertz CT molecular complexity index is 450. The minimum Gasteiger partial charge on any atom is -0.390 e. The lowest BCUT2D eigenvalue weighted by Crippen LogP contribution is -2.44. The topological polar surface area (TPSA) is 12.0 Å². The molecule has 1 nitrogen and oxygen atoms in total. The zero-order chi connectivity index (χ0) is 12.7. The van der Waals surface area contributed by atoms with E-state index < -0.39 is 11.6 Å². The average molecular weight is 282 g/mol. The lowest BCUT2D eigenvalue weighted by Gasteiger charge is -2.30. The van der Waals surface area contributed by atoms with E-state index in [1.54, 1.807) is 0 Å². The lowest BCUT2D eigenvalue weighted by molar-refractivity contribution is -0.172. The van der Waals surface area contributed by atoms with Gasteiger partial charge in [-0.15, -0.1) is 0 Å². The van der Waals surface area contributed by atoms with Crippen molar-refractivity contribution in [2.45, 2.75) is 11.6 Å². The molecular formula is C11H8Cl2F3N. The first-order valence-corrected chi connectivity index (χ1v) is 5.55.